The van der Waals surface area contributed by atoms with Crippen LogP contribution in [0.5, 0.6) is 0 Å². The maximum Gasteiger partial charge on any atom is 0.255 e. The van der Waals surface area contributed by atoms with Gasteiger partial charge in [-0.15, -0.1) is 0 Å². The number of nitrogens with zero attached hydrogens (tertiary/aromatic N) is 5. The van der Waals surface area contributed by atoms with Crippen molar-refractivity contribution in [1.29, 1.82) is 0 Å². The van der Waals surface area contributed by atoms with E-state index in [1.807, 2.05) is 0 Å². The molecule has 0 atom stereocenters. The predicted molar refractivity (Wildman–Crippen MR) is 59.3 cm³/mol. The van der Waals surface area contributed by atoms with Crippen molar-refractivity contribution in [3.05, 3.63) is 18.7 Å². The molecular formula is C8H10F2N8. The molecule has 96 valence electrons. The van der Waals surface area contributed by atoms with Gasteiger partial charge in [0.05, 0.1) is 6.54 Å². The maximum absolute atomic E-state index is 12.1. The molecule has 2 heterocycles. The Kier molecular flexibility index (Phi) is 3.57. The minimum absolute atomic E-state index is 0.00181. The Bertz CT molecular complexity index is 500. The Balaban J connectivity index is 2.27. The average molecular weight is 256 g/mol. The fourth-order valence-electron chi connectivity index (χ4n) is 1.17. The second-order valence-corrected chi connectivity index (χ2v) is 3.17. The third-order valence-electron chi connectivity index (χ3n) is 1.90. The molecule has 10 heteroatoms. The lowest BCUT2D eigenvalue weighted by molar-refractivity contribution is 0.163. The normalized spacial score (nSPS) is 10.7. The molecule has 0 aliphatic carbocycles. The molecule has 4 N–H and O–H groups in total. The van der Waals surface area contributed by atoms with Gasteiger partial charge in [-0.25, -0.2) is 19.6 Å². The van der Waals surface area contributed by atoms with Crippen LogP contribution < -0.4 is 16.6 Å². The van der Waals surface area contributed by atoms with Gasteiger partial charge in [0.15, 0.2) is 0 Å². The molecule has 18 heavy (non-hydrogen) atoms. The summed E-state index contributed by atoms with van der Waals surface area (Å²) in [4.78, 5) is 15.5. The zero-order valence-electron chi connectivity index (χ0n) is 9.09. The molecule has 2 aromatic rings. The highest BCUT2D eigenvalue weighted by molar-refractivity contribution is 5.37. The molecule has 0 amide bonds. The Morgan fingerprint density at radius 3 is 2.67 bits per heavy atom. The average Bonchev–Trinajstić information content (AvgIpc) is 2.89. The molecule has 0 unspecified atom stereocenters. The minimum Gasteiger partial charge on any atom is -0.348 e. The Morgan fingerprint density at radius 1 is 1.28 bits per heavy atom. The number of nitrogen functional groups attached to an aromatic ring is 1. The fraction of sp³-hybridized carbons (Fsp3) is 0.250. The van der Waals surface area contributed by atoms with E-state index >= 15 is 0 Å². The van der Waals surface area contributed by atoms with Gasteiger partial charge in [0.25, 0.3) is 6.43 Å². The Morgan fingerprint density at radius 2 is 2.06 bits per heavy atom. The van der Waals surface area contributed by atoms with Gasteiger partial charge in [0.2, 0.25) is 17.8 Å². The smallest absolute Gasteiger partial charge is 0.255 e. The van der Waals surface area contributed by atoms with E-state index in [9.17, 15) is 8.78 Å². The van der Waals surface area contributed by atoms with E-state index in [0.717, 1.165) is 0 Å². The summed E-state index contributed by atoms with van der Waals surface area (Å²) in [6.45, 7) is -0.558. The predicted octanol–water partition coefficient (Wildman–Crippen LogP) is 0.0199. The first kappa shape index (κ1) is 12.1. The molecule has 0 fully saturated rings. The first-order chi connectivity index (χ1) is 8.69. The summed E-state index contributed by atoms with van der Waals surface area (Å²) in [6.07, 6.45) is 2.10. The van der Waals surface area contributed by atoms with Crippen LogP contribution in [0.1, 0.15) is 0 Å². The van der Waals surface area contributed by atoms with Gasteiger partial charge in [-0.05, 0) is 0 Å². The number of rotatable bonds is 5. The summed E-state index contributed by atoms with van der Waals surface area (Å²) < 4.78 is 25.7. The summed E-state index contributed by atoms with van der Waals surface area (Å²) in [5.74, 6) is 5.47. The number of aromatic nitrogens is 5. The van der Waals surface area contributed by atoms with Crippen molar-refractivity contribution in [1.82, 2.24) is 24.5 Å². The largest absolute Gasteiger partial charge is 0.348 e. The fourth-order valence-corrected chi connectivity index (χ4v) is 1.17. The summed E-state index contributed by atoms with van der Waals surface area (Å²) >= 11 is 0. The first-order valence-corrected chi connectivity index (χ1v) is 4.92. The van der Waals surface area contributed by atoms with Crippen LogP contribution in [0.2, 0.25) is 0 Å². The quantitative estimate of drug-likeness (QED) is 0.511. The van der Waals surface area contributed by atoms with Gasteiger partial charge >= 0.3 is 0 Å². The number of alkyl halides is 2. The van der Waals surface area contributed by atoms with Crippen molar-refractivity contribution in [3.8, 4) is 5.95 Å². The van der Waals surface area contributed by atoms with Gasteiger partial charge in [0.1, 0.15) is 6.33 Å². The van der Waals surface area contributed by atoms with Crippen molar-refractivity contribution in [3.63, 3.8) is 0 Å². The summed E-state index contributed by atoms with van der Waals surface area (Å²) in [5, 5.41) is 2.38. The third kappa shape index (κ3) is 2.85. The van der Waals surface area contributed by atoms with Crippen molar-refractivity contribution < 1.29 is 8.78 Å². The first-order valence-electron chi connectivity index (χ1n) is 4.92. The third-order valence-corrected chi connectivity index (χ3v) is 1.90. The number of nitrogens with one attached hydrogen (secondary N) is 2. The van der Waals surface area contributed by atoms with Crippen LogP contribution in [0.25, 0.3) is 5.95 Å². The molecule has 0 aliphatic rings. The van der Waals surface area contributed by atoms with Gasteiger partial charge < -0.3 is 5.32 Å². The highest BCUT2D eigenvalue weighted by Crippen LogP contribution is 2.08. The van der Waals surface area contributed by atoms with E-state index in [0.29, 0.717) is 0 Å². The van der Waals surface area contributed by atoms with E-state index < -0.39 is 13.0 Å². The van der Waals surface area contributed by atoms with Crippen LogP contribution in [-0.4, -0.2) is 37.5 Å². The molecule has 2 rings (SSSR count). The number of nitrogens with two attached hydrogens (primary N) is 1. The molecule has 2 aromatic heterocycles. The van der Waals surface area contributed by atoms with Crippen LogP contribution in [-0.2, 0) is 0 Å². The van der Waals surface area contributed by atoms with E-state index in [2.05, 4.69) is 30.7 Å². The van der Waals surface area contributed by atoms with E-state index in [4.69, 9.17) is 5.84 Å². The maximum atomic E-state index is 12.1. The number of hydrogen-bond acceptors (Lipinski definition) is 7. The second kappa shape index (κ2) is 5.31. The minimum atomic E-state index is -2.51. The van der Waals surface area contributed by atoms with Crippen molar-refractivity contribution >= 4 is 11.9 Å². The number of hydrogen-bond donors (Lipinski definition) is 3. The summed E-state index contributed by atoms with van der Waals surface area (Å²) in [5.41, 5.74) is 2.23. The molecule has 0 spiro atoms. The lowest BCUT2D eigenvalue weighted by Gasteiger charge is -2.08. The number of anilines is 2. The molecule has 0 radical (unpaired) electrons. The number of halogens is 2. The molecule has 8 nitrogen and oxygen atoms in total. The second-order valence-electron chi connectivity index (χ2n) is 3.17. The monoisotopic (exact) mass is 256 g/mol. The zero-order chi connectivity index (χ0) is 13.0. The number of hydrazine groups is 1. The molecule has 0 aliphatic heterocycles. The topological polar surface area (TPSA) is 107 Å². The lowest BCUT2D eigenvalue weighted by Crippen LogP contribution is -2.17. The Hall–Kier alpha value is -2.36. The van der Waals surface area contributed by atoms with Crippen LogP contribution in [0.15, 0.2) is 18.7 Å². The summed E-state index contributed by atoms with van der Waals surface area (Å²) in [6, 6.07) is 0. The Labute approximate surface area is 100 Å². The van der Waals surface area contributed by atoms with E-state index in [1.54, 1.807) is 6.20 Å². The molecule has 0 bridgehead atoms. The highest BCUT2D eigenvalue weighted by Gasteiger charge is 2.09. The van der Waals surface area contributed by atoms with Crippen LogP contribution >= 0.6 is 0 Å². The SMILES string of the molecule is NNc1nc(NCC(F)F)nc(-n2ccnc2)n1. The standard InChI is InChI=1S/C8H10F2N8/c9-5(10)3-13-6-14-7(17-11)16-8(15-6)18-2-1-12-4-18/h1-2,4-5H,3,11H2,(H2,13,14,15,16,17). The van der Waals surface area contributed by atoms with E-state index in [-0.39, 0.29) is 17.8 Å². The zero-order valence-corrected chi connectivity index (χ0v) is 9.09. The summed E-state index contributed by atoms with van der Waals surface area (Å²) in [7, 11) is 0. The number of imidazole rings is 1. The van der Waals surface area contributed by atoms with Crippen molar-refractivity contribution in [2.75, 3.05) is 17.3 Å². The lowest BCUT2D eigenvalue weighted by atomic mass is 10.6. The van der Waals surface area contributed by atoms with Gasteiger partial charge in [-0.2, -0.15) is 15.0 Å². The van der Waals surface area contributed by atoms with Crippen LogP contribution in [0, 0.1) is 0 Å². The van der Waals surface area contributed by atoms with Crippen molar-refractivity contribution in [2.24, 2.45) is 5.84 Å². The molecular weight excluding hydrogens is 246 g/mol. The highest BCUT2D eigenvalue weighted by atomic mass is 19.3. The molecule has 0 aromatic carbocycles. The van der Waals surface area contributed by atoms with Gasteiger partial charge in [0, 0.05) is 12.4 Å². The molecule has 0 saturated carbocycles. The van der Waals surface area contributed by atoms with Gasteiger partial charge in [-0.3, -0.25) is 9.99 Å². The van der Waals surface area contributed by atoms with Crippen molar-refractivity contribution in [2.45, 2.75) is 6.43 Å². The van der Waals surface area contributed by atoms with Gasteiger partial charge in [-0.1, -0.05) is 0 Å². The van der Waals surface area contributed by atoms with Crippen LogP contribution in [0.3, 0.4) is 0 Å². The molecule has 0 saturated heterocycles. The van der Waals surface area contributed by atoms with E-state index in [1.165, 1.54) is 17.1 Å². The van der Waals surface area contributed by atoms with Crippen LogP contribution in [0.4, 0.5) is 20.7 Å².